The van der Waals surface area contributed by atoms with Crippen molar-refractivity contribution in [3.63, 3.8) is 0 Å². The number of Topliss-reactive ketones (excluding diaryl/α,β-unsaturated/α-hetero) is 1. The zero-order chi connectivity index (χ0) is 23.1. The second-order valence-electron chi connectivity index (χ2n) is 8.09. The Morgan fingerprint density at radius 3 is 2.52 bits per heavy atom. The van der Waals surface area contributed by atoms with Gasteiger partial charge in [-0.2, -0.15) is 0 Å². The predicted molar refractivity (Wildman–Crippen MR) is 124 cm³/mol. The van der Waals surface area contributed by atoms with Crippen molar-refractivity contribution < 1.29 is 23.8 Å². The van der Waals surface area contributed by atoms with Crippen LogP contribution >= 0.6 is 0 Å². The summed E-state index contributed by atoms with van der Waals surface area (Å²) in [6.45, 7) is 3.85. The molecule has 2 aromatic carbocycles. The number of ether oxygens (including phenoxy) is 1. The molecule has 2 aromatic heterocycles. The first kappa shape index (κ1) is 20.6. The van der Waals surface area contributed by atoms with Crippen LogP contribution in [0.5, 0.6) is 5.75 Å². The molecule has 4 aromatic rings. The molecule has 0 radical (unpaired) electrons. The maximum absolute atomic E-state index is 13.2. The molecule has 2 N–H and O–H groups in total. The van der Waals surface area contributed by atoms with Gasteiger partial charge in [-0.25, -0.2) is 0 Å². The lowest BCUT2D eigenvalue weighted by molar-refractivity contribution is -0.132. The zero-order valence-corrected chi connectivity index (χ0v) is 18.1. The van der Waals surface area contributed by atoms with E-state index in [1.165, 1.54) is 11.2 Å². The molecule has 0 saturated carbocycles. The van der Waals surface area contributed by atoms with Crippen molar-refractivity contribution in [3.05, 3.63) is 90.0 Å². The molecule has 1 saturated heterocycles. The Kier molecular flexibility index (Phi) is 5.01. The third-order valence-corrected chi connectivity index (χ3v) is 5.59. The van der Waals surface area contributed by atoms with Crippen LogP contribution in [-0.2, 0) is 9.59 Å². The van der Waals surface area contributed by atoms with Gasteiger partial charge in [0, 0.05) is 28.4 Å². The van der Waals surface area contributed by atoms with E-state index in [0.717, 1.165) is 10.9 Å². The van der Waals surface area contributed by atoms with Gasteiger partial charge < -0.3 is 19.2 Å². The molecule has 7 heteroatoms. The predicted octanol–water partition coefficient (Wildman–Crippen LogP) is 5.17. The van der Waals surface area contributed by atoms with Gasteiger partial charge in [-0.3, -0.25) is 14.5 Å². The molecule has 1 fully saturated rings. The van der Waals surface area contributed by atoms with Gasteiger partial charge in [0.1, 0.15) is 23.3 Å². The summed E-state index contributed by atoms with van der Waals surface area (Å²) in [6.07, 6.45) is 3.11. The molecule has 7 nitrogen and oxygen atoms in total. The molecule has 3 heterocycles. The highest BCUT2D eigenvalue weighted by Crippen LogP contribution is 2.43. The maximum atomic E-state index is 13.2. The fraction of sp³-hybridized carbons (Fsp3) is 0.154. The van der Waals surface area contributed by atoms with Crippen LogP contribution in [0.4, 0.5) is 5.69 Å². The van der Waals surface area contributed by atoms with Crippen LogP contribution < -0.4 is 9.64 Å². The lowest BCUT2D eigenvalue weighted by Gasteiger charge is -2.23. The van der Waals surface area contributed by atoms with Crippen LogP contribution in [0.2, 0.25) is 0 Å². The van der Waals surface area contributed by atoms with Crippen molar-refractivity contribution in [2.45, 2.75) is 26.0 Å². The number of carbonyl (C=O) groups excluding carboxylic acids is 2. The summed E-state index contributed by atoms with van der Waals surface area (Å²) >= 11 is 0. The van der Waals surface area contributed by atoms with Gasteiger partial charge >= 0.3 is 0 Å². The second-order valence-corrected chi connectivity index (χ2v) is 8.09. The van der Waals surface area contributed by atoms with Gasteiger partial charge in [-0.15, -0.1) is 0 Å². The smallest absolute Gasteiger partial charge is 0.300 e. The standard InChI is InChI=1S/C26H22N2O5/c1-15(2)33-17-11-9-16(10-12-17)28-23(21-8-5-13-32-21)22(25(30)26(28)31)24(29)19-14-27-20-7-4-3-6-18(19)20/h3-15,23,27,29H,1-2H3/b24-22-. The molecule has 0 aliphatic carbocycles. The number of hydrogen-bond acceptors (Lipinski definition) is 5. The van der Waals surface area contributed by atoms with Crippen LogP contribution in [0, 0.1) is 0 Å². The average Bonchev–Trinajstić information content (AvgIpc) is 3.53. The van der Waals surface area contributed by atoms with E-state index in [2.05, 4.69) is 4.98 Å². The fourth-order valence-corrected chi connectivity index (χ4v) is 4.18. The highest BCUT2D eigenvalue weighted by Gasteiger charge is 2.48. The second kappa shape index (κ2) is 8.02. The van der Waals surface area contributed by atoms with E-state index in [-0.39, 0.29) is 17.4 Å². The molecule has 1 amide bonds. The number of benzene rings is 2. The average molecular weight is 442 g/mol. The third-order valence-electron chi connectivity index (χ3n) is 5.59. The summed E-state index contributed by atoms with van der Waals surface area (Å²) in [7, 11) is 0. The largest absolute Gasteiger partial charge is 0.507 e. The first-order chi connectivity index (χ1) is 16.0. The number of furan rings is 1. The van der Waals surface area contributed by atoms with Crippen molar-refractivity contribution in [2.75, 3.05) is 4.90 Å². The molecular weight excluding hydrogens is 420 g/mol. The number of nitrogens with one attached hydrogen (secondary N) is 1. The number of fused-ring (bicyclic) bond motifs is 1. The normalized spacial score (nSPS) is 17.9. The van der Waals surface area contributed by atoms with Gasteiger partial charge in [-0.1, -0.05) is 18.2 Å². The molecule has 1 unspecified atom stereocenters. The Balaban J connectivity index is 1.65. The van der Waals surface area contributed by atoms with Crippen LogP contribution in [0.15, 0.2) is 83.1 Å². The first-order valence-corrected chi connectivity index (χ1v) is 10.6. The minimum Gasteiger partial charge on any atom is -0.507 e. The molecule has 33 heavy (non-hydrogen) atoms. The molecular formula is C26H22N2O5. The van der Waals surface area contributed by atoms with E-state index in [9.17, 15) is 14.7 Å². The van der Waals surface area contributed by atoms with Gasteiger partial charge in [0.05, 0.1) is 17.9 Å². The minimum absolute atomic E-state index is 0.00405. The Labute approximate surface area is 189 Å². The van der Waals surface area contributed by atoms with Gasteiger partial charge in [-0.05, 0) is 56.3 Å². The van der Waals surface area contributed by atoms with Gasteiger partial charge in [0.25, 0.3) is 11.7 Å². The number of ketones is 1. The van der Waals surface area contributed by atoms with Crippen LogP contribution in [0.25, 0.3) is 16.7 Å². The molecule has 0 bridgehead atoms. The summed E-state index contributed by atoms with van der Waals surface area (Å²) in [4.78, 5) is 30.8. The number of hydrogen-bond donors (Lipinski definition) is 2. The fourth-order valence-electron chi connectivity index (χ4n) is 4.18. The highest BCUT2D eigenvalue weighted by molar-refractivity contribution is 6.51. The number of para-hydroxylation sites is 1. The maximum Gasteiger partial charge on any atom is 0.300 e. The van der Waals surface area contributed by atoms with Crippen molar-refractivity contribution in [1.82, 2.24) is 4.98 Å². The summed E-state index contributed by atoms with van der Waals surface area (Å²) in [5.74, 6) is -0.747. The lowest BCUT2D eigenvalue weighted by Crippen LogP contribution is -2.29. The number of amides is 1. The third kappa shape index (κ3) is 3.47. The molecule has 5 rings (SSSR count). The Morgan fingerprint density at radius 2 is 1.82 bits per heavy atom. The quantitative estimate of drug-likeness (QED) is 0.252. The minimum atomic E-state index is -0.912. The number of anilines is 1. The van der Waals surface area contributed by atoms with E-state index < -0.39 is 17.7 Å². The number of aliphatic hydroxyl groups is 1. The molecule has 0 spiro atoms. The Morgan fingerprint density at radius 1 is 1.06 bits per heavy atom. The van der Waals surface area contributed by atoms with Crippen molar-refractivity contribution in [3.8, 4) is 5.75 Å². The monoisotopic (exact) mass is 442 g/mol. The van der Waals surface area contributed by atoms with E-state index in [1.54, 1.807) is 42.6 Å². The van der Waals surface area contributed by atoms with Crippen LogP contribution in [-0.4, -0.2) is 27.9 Å². The van der Waals surface area contributed by atoms with Crippen molar-refractivity contribution in [2.24, 2.45) is 0 Å². The number of aromatic amines is 1. The first-order valence-electron chi connectivity index (χ1n) is 10.6. The topological polar surface area (TPSA) is 95.8 Å². The number of aliphatic hydroxyl groups excluding tert-OH is 1. The molecule has 1 atom stereocenters. The van der Waals surface area contributed by atoms with Gasteiger partial charge in [0.2, 0.25) is 0 Å². The molecule has 166 valence electrons. The summed E-state index contributed by atoms with van der Waals surface area (Å²) in [5.41, 5.74) is 1.72. The van der Waals surface area contributed by atoms with Gasteiger partial charge in [0.15, 0.2) is 0 Å². The van der Waals surface area contributed by atoms with E-state index in [4.69, 9.17) is 9.15 Å². The molecule has 1 aliphatic rings. The van der Waals surface area contributed by atoms with Crippen LogP contribution in [0.3, 0.4) is 0 Å². The summed E-state index contributed by atoms with van der Waals surface area (Å²) < 4.78 is 11.3. The Hall–Kier alpha value is -4.26. The highest BCUT2D eigenvalue weighted by atomic mass is 16.5. The molecule has 1 aliphatic heterocycles. The number of H-pyrrole nitrogens is 1. The lowest BCUT2D eigenvalue weighted by atomic mass is 9.99. The number of nitrogens with zero attached hydrogens (tertiary/aromatic N) is 1. The summed E-state index contributed by atoms with van der Waals surface area (Å²) in [5, 5.41) is 12.0. The zero-order valence-electron chi connectivity index (χ0n) is 18.1. The number of aromatic nitrogens is 1. The Bertz CT molecular complexity index is 1360. The number of carbonyl (C=O) groups is 2. The van der Waals surface area contributed by atoms with Crippen molar-refractivity contribution >= 4 is 34.0 Å². The SMILES string of the molecule is CC(C)Oc1ccc(N2C(=O)C(=O)/C(=C(\O)c3c[nH]c4ccccc34)C2c2ccco2)cc1. The van der Waals surface area contributed by atoms with Crippen molar-refractivity contribution in [1.29, 1.82) is 0 Å². The van der Waals surface area contributed by atoms with Crippen LogP contribution in [0.1, 0.15) is 31.2 Å². The number of rotatable bonds is 5. The van der Waals surface area contributed by atoms with E-state index in [1.807, 2.05) is 38.1 Å². The van der Waals surface area contributed by atoms with E-state index in [0.29, 0.717) is 22.8 Å². The van der Waals surface area contributed by atoms with E-state index >= 15 is 0 Å². The summed E-state index contributed by atoms with van der Waals surface area (Å²) in [6, 6.07) is 16.8.